The maximum absolute atomic E-state index is 11.9. The molecule has 0 aliphatic carbocycles. The number of anilines is 1. The van der Waals surface area contributed by atoms with Gasteiger partial charge < -0.3 is 16.2 Å². The first-order valence-corrected chi connectivity index (χ1v) is 5.91. The Hall–Kier alpha value is -2.27. The summed E-state index contributed by atoms with van der Waals surface area (Å²) in [7, 11) is 0. The Labute approximate surface area is 115 Å². The third kappa shape index (κ3) is 3.14. The summed E-state index contributed by atoms with van der Waals surface area (Å²) in [6, 6.07) is 6.19. The van der Waals surface area contributed by atoms with Gasteiger partial charge in [0.15, 0.2) is 0 Å². The molecule has 5 nitrogen and oxygen atoms in total. The van der Waals surface area contributed by atoms with Gasteiger partial charge in [-0.3, -0.25) is 9.78 Å². The highest BCUT2D eigenvalue weighted by Crippen LogP contribution is 2.20. The molecule has 0 aliphatic heterocycles. The van der Waals surface area contributed by atoms with Crippen molar-refractivity contribution < 1.29 is 9.90 Å². The zero-order valence-electron chi connectivity index (χ0n) is 9.93. The summed E-state index contributed by atoms with van der Waals surface area (Å²) in [5, 5.41) is 12.6. The van der Waals surface area contributed by atoms with E-state index in [1.165, 1.54) is 24.5 Å². The molecular formula is C13H12ClN3O2. The third-order valence-electron chi connectivity index (χ3n) is 2.56. The largest absolute Gasteiger partial charge is 0.508 e. The number of hydrogen-bond donors (Lipinski definition) is 3. The number of aromatic nitrogens is 1. The number of nitrogen functional groups attached to an aromatic ring is 1. The number of nitrogens with one attached hydrogen (secondary N) is 1. The fraction of sp³-hybridized carbons (Fsp3) is 0.0769. The highest BCUT2D eigenvalue weighted by molar-refractivity contribution is 6.33. The molecule has 0 spiro atoms. The van der Waals surface area contributed by atoms with Crippen LogP contribution in [0.3, 0.4) is 0 Å². The number of carbonyl (C=O) groups is 1. The number of benzene rings is 1. The number of pyridine rings is 1. The highest BCUT2D eigenvalue weighted by Gasteiger charge is 2.10. The molecular weight excluding hydrogens is 266 g/mol. The molecule has 1 aromatic heterocycles. The van der Waals surface area contributed by atoms with Crippen molar-refractivity contribution in [1.29, 1.82) is 0 Å². The SMILES string of the molecule is Nc1ccc(O)c(CNC(=O)c2ccncc2Cl)c1. The lowest BCUT2D eigenvalue weighted by molar-refractivity contribution is 0.0951. The highest BCUT2D eigenvalue weighted by atomic mass is 35.5. The van der Waals surface area contributed by atoms with E-state index in [0.29, 0.717) is 16.8 Å². The first kappa shape index (κ1) is 13.2. The van der Waals surface area contributed by atoms with E-state index >= 15 is 0 Å². The molecule has 0 atom stereocenters. The van der Waals surface area contributed by atoms with Gasteiger partial charge in [-0.15, -0.1) is 0 Å². The molecule has 19 heavy (non-hydrogen) atoms. The molecule has 0 radical (unpaired) electrons. The van der Waals surface area contributed by atoms with E-state index < -0.39 is 0 Å². The molecule has 98 valence electrons. The number of amides is 1. The lowest BCUT2D eigenvalue weighted by atomic mass is 10.1. The average Bonchev–Trinajstić information content (AvgIpc) is 2.40. The van der Waals surface area contributed by atoms with E-state index in [1.807, 2.05) is 0 Å². The molecule has 0 unspecified atom stereocenters. The van der Waals surface area contributed by atoms with Gasteiger partial charge in [-0.1, -0.05) is 11.6 Å². The van der Waals surface area contributed by atoms with Crippen molar-refractivity contribution in [3.05, 3.63) is 52.8 Å². The van der Waals surface area contributed by atoms with Crippen LogP contribution in [-0.4, -0.2) is 16.0 Å². The Balaban J connectivity index is 2.09. The second kappa shape index (κ2) is 5.58. The van der Waals surface area contributed by atoms with Crippen LogP contribution in [0.4, 0.5) is 5.69 Å². The smallest absolute Gasteiger partial charge is 0.253 e. The van der Waals surface area contributed by atoms with E-state index in [4.69, 9.17) is 17.3 Å². The number of rotatable bonds is 3. The maximum atomic E-state index is 11.9. The Morgan fingerprint density at radius 3 is 2.95 bits per heavy atom. The molecule has 0 aliphatic rings. The number of phenols is 1. The van der Waals surface area contributed by atoms with Crippen LogP contribution in [0, 0.1) is 0 Å². The predicted octanol–water partition coefficient (Wildman–Crippen LogP) is 1.95. The van der Waals surface area contributed by atoms with Crippen LogP contribution in [0.5, 0.6) is 5.75 Å². The number of carbonyl (C=O) groups excluding carboxylic acids is 1. The van der Waals surface area contributed by atoms with Gasteiger partial charge in [0.1, 0.15) is 5.75 Å². The summed E-state index contributed by atoms with van der Waals surface area (Å²) in [5.74, 6) is -0.260. The first-order chi connectivity index (χ1) is 9.08. The Kier molecular flexibility index (Phi) is 3.87. The molecule has 6 heteroatoms. The van der Waals surface area contributed by atoms with Gasteiger partial charge in [-0.2, -0.15) is 0 Å². The number of halogens is 1. The number of aromatic hydroxyl groups is 1. The van der Waals surface area contributed by atoms with Crippen molar-refractivity contribution in [3.8, 4) is 5.75 Å². The van der Waals surface area contributed by atoms with E-state index in [0.717, 1.165) is 0 Å². The van der Waals surface area contributed by atoms with Crippen molar-refractivity contribution in [2.45, 2.75) is 6.54 Å². The third-order valence-corrected chi connectivity index (χ3v) is 2.86. The van der Waals surface area contributed by atoms with Crippen molar-refractivity contribution in [2.75, 3.05) is 5.73 Å². The van der Waals surface area contributed by atoms with E-state index in [-0.39, 0.29) is 23.2 Å². The molecule has 4 N–H and O–H groups in total. The number of nitrogens with two attached hydrogens (primary N) is 1. The van der Waals surface area contributed by atoms with Crippen molar-refractivity contribution in [1.82, 2.24) is 10.3 Å². The summed E-state index contributed by atoms with van der Waals surface area (Å²) in [5.41, 5.74) is 7.01. The molecule has 1 amide bonds. The second-order valence-electron chi connectivity index (χ2n) is 3.93. The maximum Gasteiger partial charge on any atom is 0.253 e. The van der Waals surface area contributed by atoms with Crippen LogP contribution in [-0.2, 0) is 6.54 Å². The molecule has 0 bridgehead atoms. The minimum Gasteiger partial charge on any atom is -0.508 e. The summed E-state index contributed by atoms with van der Waals surface area (Å²) in [4.78, 5) is 15.7. The summed E-state index contributed by atoms with van der Waals surface area (Å²) >= 11 is 5.86. The van der Waals surface area contributed by atoms with Crippen molar-refractivity contribution in [3.63, 3.8) is 0 Å². The van der Waals surface area contributed by atoms with Crippen molar-refractivity contribution in [2.24, 2.45) is 0 Å². The molecule has 2 rings (SSSR count). The summed E-state index contributed by atoms with van der Waals surface area (Å²) < 4.78 is 0. The monoisotopic (exact) mass is 277 g/mol. The lowest BCUT2D eigenvalue weighted by Gasteiger charge is -2.08. The molecule has 0 fully saturated rings. The molecule has 0 saturated heterocycles. The lowest BCUT2D eigenvalue weighted by Crippen LogP contribution is -2.23. The first-order valence-electron chi connectivity index (χ1n) is 5.53. The molecule has 2 aromatic rings. The van der Waals surface area contributed by atoms with Crippen LogP contribution in [0.25, 0.3) is 0 Å². The van der Waals surface area contributed by atoms with Crippen LogP contribution >= 0.6 is 11.6 Å². The zero-order chi connectivity index (χ0) is 13.8. The fourth-order valence-electron chi connectivity index (χ4n) is 1.58. The van der Waals surface area contributed by atoms with Crippen LogP contribution in [0.2, 0.25) is 5.02 Å². The fourth-order valence-corrected chi connectivity index (χ4v) is 1.78. The van der Waals surface area contributed by atoms with Gasteiger partial charge in [-0.05, 0) is 24.3 Å². The Morgan fingerprint density at radius 2 is 2.21 bits per heavy atom. The zero-order valence-corrected chi connectivity index (χ0v) is 10.7. The topological polar surface area (TPSA) is 88.2 Å². The van der Waals surface area contributed by atoms with E-state index in [2.05, 4.69) is 10.3 Å². The Morgan fingerprint density at radius 1 is 1.42 bits per heavy atom. The number of hydrogen-bond acceptors (Lipinski definition) is 4. The number of phenolic OH excluding ortho intramolecular Hbond substituents is 1. The van der Waals surface area contributed by atoms with Crippen LogP contribution in [0.1, 0.15) is 15.9 Å². The standard InChI is InChI=1S/C13H12ClN3O2/c14-11-7-16-4-3-10(11)13(19)17-6-8-5-9(15)1-2-12(8)18/h1-5,7,18H,6,15H2,(H,17,19). The molecule has 0 saturated carbocycles. The summed E-state index contributed by atoms with van der Waals surface area (Å²) in [6.07, 6.45) is 2.88. The van der Waals surface area contributed by atoms with Gasteiger partial charge >= 0.3 is 0 Å². The normalized spacial score (nSPS) is 10.2. The average molecular weight is 278 g/mol. The second-order valence-corrected chi connectivity index (χ2v) is 4.33. The molecule has 1 aromatic carbocycles. The van der Waals surface area contributed by atoms with Crippen molar-refractivity contribution >= 4 is 23.2 Å². The van der Waals surface area contributed by atoms with E-state index in [9.17, 15) is 9.90 Å². The minimum absolute atomic E-state index is 0.0790. The predicted molar refractivity (Wildman–Crippen MR) is 72.9 cm³/mol. The van der Waals surface area contributed by atoms with Gasteiger partial charge in [0.25, 0.3) is 5.91 Å². The molecule has 1 heterocycles. The Bertz CT molecular complexity index is 617. The summed E-state index contributed by atoms with van der Waals surface area (Å²) in [6.45, 7) is 0.161. The van der Waals surface area contributed by atoms with Crippen LogP contribution in [0.15, 0.2) is 36.7 Å². The quantitative estimate of drug-likeness (QED) is 0.591. The van der Waals surface area contributed by atoms with E-state index in [1.54, 1.807) is 12.1 Å². The van der Waals surface area contributed by atoms with Crippen LogP contribution < -0.4 is 11.1 Å². The van der Waals surface area contributed by atoms with Gasteiger partial charge in [0.05, 0.1) is 10.6 Å². The van der Waals surface area contributed by atoms with Gasteiger partial charge in [0.2, 0.25) is 0 Å². The minimum atomic E-state index is -0.339. The van der Waals surface area contributed by atoms with Gasteiger partial charge in [-0.25, -0.2) is 0 Å². The number of nitrogens with zero attached hydrogens (tertiary/aromatic N) is 1. The van der Waals surface area contributed by atoms with Gasteiger partial charge in [0, 0.05) is 30.2 Å².